The number of carbonyl (C=O) groups excluding carboxylic acids is 2. The van der Waals surface area contributed by atoms with Gasteiger partial charge in [-0.15, -0.1) is 0 Å². The van der Waals surface area contributed by atoms with Crippen LogP contribution in [0.15, 0.2) is 59.5 Å². The molecule has 0 radical (unpaired) electrons. The predicted octanol–water partition coefficient (Wildman–Crippen LogP) is 4.50. The second kappa shape index (κ2) is 9.41. The number of fused-ring (bicyclic) bond motifs is 1. The van der Waals surface area contributed by atoms with Crippen LogP contribution in [0.1, 0.15) is 29.8 Å². The summed E-state index contributed by atoms with van der Waals surface area (Å²) in [6.45, 7) is 4.34. The highest BCUT2D eigenvalue weighted by atomic mass is 35.5. The lowest BCUT2D eigenvalue weighted by atomic mass is 10.1. The highest BCUT2D eigenvalue weighted by molar-refractivity contribution is 6.30. The van der Waals surface area contributed by atoms with Crippen LogP contribution in [0.3, 0.4) is 0 Å². The van der Waals surface area contributed by atoms with E-state index in [9.17, 15) is 14.4 Å². The van der Waals surface area contributed by atoms with Crippen molar-refractivity contribution in [2.75, 3.05) is 11.9 Å². The number of rotatable bonds is 6. The molecule has 6 nitrogen and oxygen atoms in total. The summed E-state index contributed by atoms with van der Waals surface area (Å²) in [5.74, 6) is -1.01. The fourth-order valence-corrected chi connectivity index (χ4v) is 3.15. The van der Waals surface area contributed by atoms with Gasteiger partial charge in [0.15, 0.2) is 0 Å². The van der Waals surface area contributed by atoms with Crippen LogP contribution in [0.2, 0.25) is 5.02 Å². The van der Waals surface area contributed by atoms with E-state index in [1.165, 1.54) is 12.3 Å². The zero-order chi connectivity index (χ0) is 21.7. The van der Waals surface area contributed by atoms with Crippen molar-refractivity contribution in [3.63, 3.8) is 0 Å². The van der Waals surface area contributed by atoms with Crippen molar-refractivity contribution < 1.29 is 14.3 Å². The van der Waals surface area contributed by atoms with Gasteiger partial charge >= 0.3 is 5.97 Å². The molecule has 0 saturated carbocycles. The lowest BCUT2D eigenvalue weighted by molar-refractivity contribution is -0.111. The zero-order valence-corrected chi connectivity index (χ0v) is 17.4. The number of aromatic nitrogens is 1. The number of ether oxygens (including phenoxy) is 1. The monoisotopic (exact) mass is 424 g/mol. The largest absolute Gasteiger partial charge is 0.462 e. The number of amides is 1. The maximum Gasteiger partial charge on any atom is 0.343 e. The molecule has 0 saturated heterocycles. The molecule has 30 heavy (non-hydrogen) atoms. The van der Waals surface area contributed by atoms with Crippen molar-refractivity contribution in [3.8, 4) is 0 Å². The Morgan fingerprint density at radius 1 is 1.13 bits per heavy atom. The van der Waals surface area contributed by atoms with Crippen LogP contribution in [-0.4, -0.2) is 23.1 Å². The van der Waals surface area contributed by atoms with E-state index in [4.69, 9.17) is 16.3 Å². The molecule has 0 aliphatic carbocycles. The number of benzene rings is 2. The molecule has 154 valence electrons. The van der Waals surface area contributed by atoms with Crippen LogP contribution < -0.4 is 10.7 Å². The molecule has 0 aliphatic rings. The van der Waals surface area contributed by atoms with Crippen molar-refractivity contribution >= 4 is 46.1 Å². The summed E-state index contributed by atoms with van der Waals surface area (Å²) in [6.07, 6.45) is 4.57. The maximum absolute atomic E-state index is 12.8. The van der Waals surface area contributed by atoms with Crippen LogP contribution in [-0.2, 0) is 16.1 Å². The topological polar surface area (TPSA) is 77.4 Å². The Hall–Kier alpha value is -3.38. The molecule has 0 atom stereocenters. The van der Waals surface area contributed by atoms with Crippen LogP contribution in [0, 0.1) is 0 Å². The van der Waals surface area contributed by atoms with Gasteiger partial charge < -0.3 is 14.6 Å². The molecule has 0 unspecified atom stereocenters. The highest BCUT2D eigenvalue weighted by Gasteiger charge is 2.16. The Morgan fingerprint density at radius 2 is 1.87 bits per heavy atom. The average molecular weight is 425 g/mol. The molecular weight excluding hydrogens is 404 g/mol. The molecule has 3 aromatic rings. The smallest absolute Gasteiger partial charge is 0.343 e. The van der Waals surface area contributed by atoms with E-state index in [1.807, 2.05) is 6.92 Å². The third kappa shape index (κ3) is 4.78. The lowest BCUT2D eigenvalue weighted by Gasteiger charge is -2.12. The Balaban J connectivity index is 1.90. The first-order valence-corrected chi connectivity index (χ1v) is 9.89. The molecule has 2 aromatic carbocycles. The summed E-state index contributed by atoms with van der Waals surface area (Å²) in [4.78, 5) is 37.3. The quantitative estimate of drug-likeness (QED) is 0.466. The fraction of sp³-hybridized carbons (Fsp3) is 0.174. The standard InChI is InChI=1S/C23H21ClN2O4/c1-3-26-14-19(23(29)30-4-2)22(28)18-13-17(10-11-20(18)26)25-21(27)12-7-15-5-8-16(24)9-6-15/h5-14H,3-4H2,1-2H3,(H,25,27)/b12-7+. The van der Waals surface area contributed by atoms with Crippen LogP contribution in [0.25, 0.3) is 17.0 Å². The van der Waals surface area contributed by atoms with Gasteiger partial charge in [-0.3, -0.25) is 9.59 Å². The molecule has 7 heteroatoms. The van der Waals surface area contributed by atoms with Crippen molar-refractivity contribution in [3.05, 3.63) is 81.1 Å². The number of carbonyl (C=O) groups is 2. The van der Waals surface area contributed by atoms with Crippen molar-refractivity contribution in [1.29, 1.82) is 0 Å². The van der Waals surface area contributed by atoms with E-state index in [0.29, 0.717) is 28.2 Å². The molecule has 1 aromatic heterocycles. The van der Waals surface area contributed by atoms with Crippen LogP contribution in [0.4, 0.5) is 5.69 Å². The van der Waals surface area contributed by atoms with E-state index < -0.39 is 11.4 Å². The summed E-state index contributed by atoms with van der Waals surface area (Å²) < 4.78 is 6.79. The summed E-state index contributed by atoms with van der Waals surface area (Å²) in [5, 5.41) is 3.69. The SMILES string of the molecule is CCOC(=O)c1cn(CC)c2ccc(NC(=O)/C=C/c3ccc(Cl)cc3)cc2c1=O. The minimum Gasteiger partial charge on any atom is -0.462 e. The fourth-order valence-electron chi connectivity index (χ4n) is 3.02. The number of pyridine rings is 1. The van der Waals surface area contributed by atoms with Crippen molar-refractivity contribution in [1.82, 2.24) is 4.57 Å². The second-order valence-corrected chi connectivity index (χ2v) is 6.92. The van der Waals surface area contributed by atoms with Gasteiger partial charge in [0.25, 0.3) is 0 Å². The Kier molecular flexibility index (Phi) is 6.69. The Morgan fingerprint density at radius 3 is 2.53 bits per heavy atom. The first-order chi connectivity index (χ1) is 14.4. The molecule has 1 N–H and O–H groups in total. The number of nitrogens with zero attached hydrogens (tertiary/aromatic N) is 1. The van der Waals surface area contributed by atoms with Gasteiger partial charge in [0, 0.05) is 34.9 Å². The zero-order valence-electron chi connectivity index (χ0n) is 16.6. The van der Waals surface area contributed by atoms with Crippen LogP contribution in [0.5, 0.6) is 0 Å². The second-order valence-electron chi connectivity index (χ2n) is 6.48. The van der Waals surface area contributed by atoms with Gasteiger partial charge in [0.2, 0.25) is 11.3 Å². The number of nitrogens with one attached hydrogen (secondary N) is 1. The number of anilines is 1. The normalized spacial score (nSPS) is 11.0. The van der Waals surface area contributed by atoms with Crippen molar-refractivity contribution in [2.24, 2.45) is 0 Å². The molecule has 0 fully saturated rings. The van der Waals surface area contributed by atoms with E-state index in [0.717, 1.165) is 5.56 Å². The maximum atomic E-state index is 12.8. The van der Waals surface area contributed by atoms with E-state index in [1.54, 1.807) is 60.0 Å². The first kappa shape index (κ1) is 21.3. The highest BCUT2D eigenvalue weighted by Crippen LogP contribution is 2.18. The van der Waals surface area contributed by atoms with Crippen LogP contribution >= 0.6 is 11.6 Å². The molecular formula is C23H21ClN2O4. The molecule has 0 spiro atoms. The third-order valence-electron chi connectivity index (χ3n) is 4.48. The van der Waals surface area contributed by atoms with Gasteiger partial charge in [-0.1, -0.05) is 23.7 Å². The number of hydrogen-bond acceptors (Lipinski definition) is 4. The number of halogens is 1. The van der Waals surface area contributed by atoms with E-state index in [-0.39, 0.29) is 18.1 Å². The Labute approximate surface area is 178 Å². The van der Waals surface area contributed by atoms with Crippen molar-refractivity contribution in [2.45, 2.75) is 20.4 Å². The molecule has 1 heterocycles. The molecule has 1 amide bonds. The van der Waals surface area contributed by atoms with Gasteiger partial charge in [-0.25, -0.2) is 4.79 Å². The minimum absolute atomic E-state index is 0.0303. The minimum atomic E-state index is -0.660. The Bertz CT molecular complexity index is 1180. The molecule has 0 aliphatic heterocycles. The van der Waals surface area contributed by atoms with Gasteiger partial charge in [0.05, 0.1) is 12.1 Å². The van der Waals surface area contributed by atoms with Gasteiger partial charge in [0.1, 0.15) is 5.56 Å². The van der Waals surface area contributed by atoms with E-state index >= 15 is 0 Å². The number of aryl methyl sites for hydroxylation is 1. The summed E-state index contributed by atoms with van der Waals surface area (Å²) in [6, 6.07) is 12.1. The average Bonchev–Trinajstić information content (AvgIpc) is 2.74. The van der Waals surface area contributed by atoms with Gasteiger partial charge in [-0.2, -0.15) is 0 Å². The molecule has 0 bridgehead atoms. The number of hydrogen-bond donors (Lipinski definition) is 1. The molecule has 3 rings (SSSR count). The van der Waals surface area contributed by atoms with Gasteiger partial charge in [-0.05, 0) is 55.8 Å². The summed E-state index contributed by atoms with van der Waals surface area (Å²) in [7, 11) is 0. The summed E-state index contributed by atoms with van der Waals surface area (Å²) in [5.41, 5.74) is 1.50. The summed E-state index contributed by atoms with van der Waals surface area (Å²) >= 11 is 5.85. The first-order valence-electron chi connectivity index (χ1n) is 9.52. The lowest BCUT2D eigenvalue weighted by Crippen LogP contribution is -2.21. The van der Waals surface area contributed by atoms with E-state index in [2.05, 4.69) is 5.32 Å². The number of esters is 1. The predicted molar refractivity (Wildman–Crippen MR) is 119 cm³/mol. The third-order valence-corrected chi connectivity index (χ3v) is 4.73.